The van der Waals surface area contributed by atoms with Gasteiger partial charge in [-0.3, -0.25) is 4.40 Å². The Morgan fingerprint density at radius 3 is 2.87 bits per heavy atom. The second-order valence-corrected chi connectivity index (χ2v) is 4.19. The van der Waals surface area contributed by atoms with Crippen LogP contribution in [0.1, 0.15) is 12.7 Å². The van der Waals surface area contributed by atoms with Gasteiger partial charge in [0.25, 0.3) is 0 Å². The van der Waals surface area contributed by atoms with Gasteiger partial charge in [0.2, 0.25) is 0 Å². The summed E-state index contributed by atoms with van der Waals surface area (Å²) >= 11 is 12.0. The normalized spacial score (nSPS) is 13.3. The topological polar surface area (TPSA) is 37.5 Å². The van der Waals surface area contributed by atoms with Crippen molar-refractivity contribution in [3.05, 3.63) is 34.3 Å². The Morgan fingerprint density at radius 1 is 1.47 bits per heavy atom. The summed E-state index contributed by atoms with van der Waals surface area (Å²) in [5.41, 5.74) is 0.764. The van der Waals surface area contributed by atoms with Crippen molar-refractivity contribution in [3.8, 4) is 0 Å². The van der Waals surface area contributed by atoms with E-state index >= 15 is 0 Å². The third-order valence-corrected chi connectivity index (χ3v) is 2.69. The molecule has 0 amide bonds. The first-order valence-electron chi connectivity index (χ1n) is 4.59. The molecule has 0 saturated carbocycles. The Hall–Kier alpha value is -0.770. The fraction of sp³-hybridized carbons (Fsp3) is 0.300. The van der Waals surface area contributed by atoms with Crippen molar-refractivity contribution in [1.82, 2.24) is 9.38 Å². The molecular weight excluding hydrogens is 235 g/mol. The molecule has 0 fully saturated rings. The molecule has 0 radical (unpaired) electrons. The lowest BCUT2D eigenvalue weighted by Gasteiger charge is -2.04. The van der Waals surface area contributed by atoms with Gasteiger partial charge in [-0.05, 0) is 19.1 Å². The van der Waals surface area contributed by atoms with E-state index in [4.69, 9.17) is 23.2 Å². The summed E-state index contributed by atoms with van der Waals surface area (Å²) in [6, 6.07) is 5.42. The maximum absolute atomic E-state index is 9.33. The highest BCUT2D eigenvalue weighted by Crippen LogP contribution is 2.23. The number of halogens is 2. The molecular formula is C10H10Cl2N2O. The zero-order valence-corrected chi connectivity index (χ0v) is 9.63. The van der Waals surface area contributed by atoms with Gasteiger partial charge in [0.05, 0.1) is 11.6 Å². The number of rotatable bonds is 2. The van der Waals surface area contributed by atoms with Gasteiger partial charge in [-0.15, -0.1) is 0 Å². The van der Waals surface area contributed by atoms with E-state index in [-0.39, 0.29) is 0 Å². The lowest BCUT2D eigenvalue weighted by atomic mass is 10.3. The number of hydrogen-bond acceptors (Lipinski definition) is 2. The fourth-order valence-electron chi connectivity index (χ4n) is 1.53. The van der Waals surface area contributed by atoms with Crippen molar-refractivity contribution in [3.63, 3.8) is 0 Å². The molecule has 15 heavy (non-hydrogen) atoms. The Labute approximate surface area is 97.3 Å². The molecule has 2 rings (SSSR count). The third kappa shape index (κ3) is 1.95. The zero-order chi connectivity index (χ0) is 11.0. The minimum Gasteiger partial charge on any atom is -0.393 e. The predicted octanol–water partition coefficient (Wildman–Crippen LogP) is 2.56. The lowest BCUT2D eigenvalue weighted by Crippen LogP contribution is -2.08. The van der Waals surface area contributed by atoms with Crippen LogP contribution in [0.5, 0.6) is 0 Å². The molecule has 0 aliphatic heterocycles. The van der Waals surface area contributed by atoms with Crippen LogP contribution in [0.25, 0.3) is 5.52 Å². The van der Waals surface area contributed by atoms with E-state index < -0.39 is 6.10 Å². The van der Waals surface area contributed by atoms with Gasteiger partial charge in [-0.2, -0.15) is 0 Å². The van der Waals surface area contributed by atoms with Gasteiger partial charge >= 0.3 is 0 Å². The molecule has 80 valence electrons. The average molecular weight is 245 g/mol. The van der Waals surface area contributed by atoms with Crippen LogP contribution in [-0.4, -0.2) is 20.6 Å². The van der Waals surface area contributed by atoms with Gasteiger partial charge in [0.15, 0.2) is 5.15 Å². The van der Waals surface area contributed by atoms with Crippen LogP contribution in [0.15, 0.2) is 18.2 Å². The van der Waals surface area contributed by atoms with Crippen LogP contribution < -0.4 is 0 Å². The molecule has 1 N–H and O–H groups in total. The predicted molar refractivity (Wildman–Crippen MR) is 60.6 cm³/mol. The molecule has 1 atom stereocenters. The maximum Gasteiger partial charge on any atom is 0.155 e. The molecule has 0 aromatic carbocycles. The maximum atomic E-state index is 9.33. The van der Waals surface area contributed by atoms with E-state index in [1.54, 1.807) is 17.4 Å². The van der Waals surface area contributed by atoms with Crippen molar-refractivity contribution in [2.75, 3.05) is 0 Å². The summed E-state index contributed by atoms with van der Waals surface area (Å²) in [5.74, 6) is 0.676. The summed E-state index contributed by atoms with van der Waals surface area (Å²) in [4.78, 5) is 4.17. The molecule has 3 nitrogen and oxygen atoms in total. The molecule has 0 aliphatic carbocycles. The number of aliphatic hydroxyl groups excluding tert-OH is 1. The molecule has 2 aromatic rings. The van der Waals surface area contributed by atoms with E-state index in [1.807, 2.05) is 12.1 Å². The van der Waals surface area contributed by atoms with Gasteiger partial charge in [-0.25, -0.2) is 4.98 Å². The quantitative estimate of drug-likeness (QED) is 0.825. The number of aliphatic hydroxyl groups is 1. The number of hydrogen-bond donors (Lipinski definition) is 1. The number of imidazole rings is 1. The number of pyridine rings is 1. The summed E-state index contributed by atoms with van der Waals surface area (Å²) in [6.45, 7) is 1.70. The monoisotopic (exact) mass is 244 g/mol. The van der Waals surface area contributed by atoms with Crippen molar-refractivity contribution >= 4 is 28.7 Å². The summed E-state index contributed by atoms with van der Waals surface area (Å²) in [7, 11) is 0. The van der Waals surface area contributed by atoms with Crippen molar-refractivity contribution in [2.24, 2.45) is 0 Å². The van der Waals surface area contributed by atoms with Crippen LogP contribution in [0.2, 0.25) is 10.3 Å². The van der Waals surface area contributed by atoms with Gasteiger partial charge in [-0.1, -0.05) is 29.3 Å². The first-order valence-corrected chi connectivity index (χ1v) is 5.34. The third-order valence-electron chi connectivity index (χ3n) is 2.12. The van der Waals surface area contributed by atoms with Gasteiger partial charge in [0, 0.05) is 6.42 Å². The average Bonchev–Trinajstić information content (AvgIpc) is 2.44. The molecule has 0 spiro atoms. The van der Waals surface area contributed by atoms with Gasteiger partial charge < -0.3 is 5.11 Å². The zero-order valence-electron chi connectivity index (χ0n) is 8.11. The molecule has 1 unspecified atom stereocenters. The minimum atomic E-state index is -0.470. The fourth-order valence-corrected chi connectivity index (χ4v) is 2.03. The number of fused-ring (bicyclic) bond motifs is 1. The smallest absolute Gasteiger partial charge is 0.155 e. The highest BCUT2D eigenvalue weighted by atomic mass is 35.5. The van der Waals surface area contributed by atoms with Crippen molar-refractivity contribution in [2.45, 2.75) is 19.4 Å². The van der Waals surface area contributed by atoms with Crippen molar-refractivity contribution in [1.29, 1.82) is 0 Å². The molecule has 2 aromatic heterocycles. The van der Waals surface area contributed by atoms with Crippen molar-refractivity contribution < 1.29 is 5.11 Å². The summed E-state index contributed by atoms with van der Waals surface area (Å²) in [5, 5.41) is 10.3. The van der Waals surface area contributed by atoms with E-state index in [1.165, 1.54) is 0 Å². The number of nitrogens with zero attached hydrogens (tertiary/aromatic N) is 2. The Balaban J connectivity index is 2.65. The SMILES string of the molecule is CC(O)Cc1nc(Cl)c2cccc(Cl)n12. The lowest BCUT2D eigenvalue weighted by molar-refractivity contribution is 0.192. The summed E-state index contributed by atoms with van der Waals surface area (Å²) in [6.07, 6.45) is -0.0413. The van der Waals surface area contributed by atoms with Gasteiger partial charge in [0.1, 0.15) is 11.0 Å². The summed E-state index contributed by atoms with van der Waals surface area (Å²) < 4.78 is 1.75. The van der Waals surface area contributed by atoms with E-state index in [2.05, 4.69) is 4.98 Å². The first kappa shape index (κ1) is 10.7. The number of aromatic nitrogens is 2. The molecule has 5 heteroatoms. The van der Waals surface area contributed by atoms with Crippen LogP contribution in [0.3, 0.4) is 0 Å². The second kappa shape index (κ2) is 4.00. The molecule has 0 saturated heterocycles. The van der Waals surface area contributed by atoms with Crippen LogP contribution >= 0.6 is 23.2 Å². The van der Waals surface area contributed by atoms with E-state index in [9.17, 15) is 5.11 Å². The molecule has 0 bridgehead atoms. The largest absolute Gasteiger partial charge is 0.393 e. The van der Waals surface area contributed by atoms with E-state index in [0.717, 1.165) is 5.52 Å². The Bertz CT molecular complexity index is 493. The molecule has 0 aliphatic rings. The van der Waals surface area contributed by atoms with Crippen LogP contribution in [0, 0.1) is 0 Å². The minimum absolute atomic E-state index is 0.410. The van der Waals surface area contributed by atoms with Crippen LogP contribution in [-0.2, 0) is 6.42 Å². The highest BCUT2D eigenvalue weighted by Gasteiger charge is 2.12. The highest BCUT2D eigenvalue weighted by molar-refractivity contribution is 6.33. The Morgan fingerprint density at radius 2 is 2.20 bits per heavy atom. The standard InChI is InChI=1S/C10H10Cl2N2O/c1-6(15)5-9-13-10(12)7-3-2-4-8(11)14(7)9/h2-4,6,15H,5H2,1H3. The second-order valence-electron chi connectivity index (χ2n) is 3.44. The molecule has 2 heterocycles. The van der Waals surface area contributed by atoms with E-state index in [0.29, 0.717) is 22.6 Å². The Kier molecular flexibility index (Phi) is 2.87. The first-order chi connectivity index (χ1) is 7.09. The van der Waals surface area contributed by atoms with Crippen LogP contribution in [0.4, 0.5) is 0 Å².